The van der Waals surface area contributed by atoms with E-state index in [1.165, 1.54) is 0 Å². The molecule has 0 fully saturated rings. The van der Waals surface area contributed by atoms with Crippen molar-refractivity contribution in [3.63, 3.8) is 0 Å². The smallest absolute Gasteiger partial charge is 0.256 e. The average Bonchev–Trinajstić information content (AvgIpc) is 2.90. The van der Waals surface area contributed by atoms with Gasteiger partial charge >= 0.3 is 0 Å². The van der Waals surface area contributed by atoms with Crippen molar-refractivity contribution in [2.45, 2.75) is 19.9 Å². The number of rotatable bonds is 4. The molecule has 0 saturated carbocycles. The van der Waals surface area contributed by atoms with E-state index in [1.807, 2.05) is 55.5 Å². The predicted octanol–water partition coefficient (Wildman–Crippen LogP) is 4.98. The fraction of sp³-hybridized carbons (Fsp3) is 0.158. The van der Waals surface area contributed by atoms with E-state index >= 15 is 0 Å². The SMILES string of the molecule is Cc1nn(-c2ccccc2)c(Cl)c1C(=O)NC(C)c1cccc(Cl)c1. The molecule has 1 atom stereocenters. The monoisotopic (exact) mass is 373 g/mol. The second kappa shape index (κ2) is 7.30. The Morgan fingerprint density at radius 2 is 1.84 bits per heavy atom. The summed E-state index contributed by atoms with van der Waals surface area (Å²) in [5, 5.41) is 8.27. The molecule has 1 unspecified atom stereocenters. The Bertz CT molecular complexity index is 906. The van der Waals surface area contributed by atoms with Gasteiger partial charge in [-0.3, -0.25) is 4.79 Å². The van der Waals surface area contributed by atoms with Gasteiger partial charge in [0.25, 0.3) is 5.91 Å². The molecule has 1 heterocycles. The number of hydrogen-bond donors (Lipinski definition) is 1. The van der Waals surface area contributed by atoms with E-state index in [0.29, 0.717) is 21.4 Å². The molecule has 0 bridgehead atoms. The summed E-state index contributed by atoms with van der Waals surface area (Å²) in [5.74, 6) is -0.267. The zero-order valence-corrected chi connectivity index (χ0v) is 15.3. The Morgan fingerprint density at radius 1 is 1.12 bits per heavy atom. The highest BCUT2D eigenvalue weighted by atomic mass is 35.5. The Balaban J connectivity index is 1.87. The van der Waals surface area contributed by atoms with E-state index in [1.54, 1.807) is 17.7 Å². The normalized spacial score (nSPS) is 12.0. The zero-order chi connectivity index (χ0) is 18.0. The molecule has 4 nitrogen and oxygen atoms in total. The topological polar surface area (TPSA) is 46.9 Å². The van der Waals surface area contributed by atoms with Crippen LogP contribution in [-0.4, -0.2) is 15.7 Å². The molecule has 6 heteroatoms. The number of amides is 1. The Labute approximate surface area is 156 Å². The number of benzene rings is 2. The van der Waals surface area contributed by atoms with Crippen LogP contribution in [0.3, 0.4) is 0 Å². The summed E-state index contributed by atoms with van der Waals surface area (Å²) in [7, 11) is 0. The number of carbonyl (C=O) groups excluding carboxylic acids is 1. The van der Waals surface area contributed by atoms with E-state index in [2.05, 4.69) is 10.4 Å². The van der Waals surface area contributed by atoms with Gasteiger partial charge in [0.2, 0.25) is 0 Å². The summed E-state index contributed by atoms with van der Waals surface area (Å²) in [6, 6.07) is 16.6. The molecule has 0 spiro atoms. The summed E-state index contributed by atoms with van der Waals surface area (Å²) in [5.41, 5.74) is 2.67. The summed E-state index contributed by atoms with van der Waals surface area (Å²) in [4.78, 5) is 12.7. The van der Waals surface area contributed by atoms with Crippen LogP contribution in [0.2, 0.25) is 10.2 Å². The van der Waals surface area contributed by atoms with Gasteiger partial charge in [-0.2, -0.15) is 5.10 Å². The maximum Gasteiger partial charge on any atom is 0.256 e. The first kappa shape index (κ1) is 17.5. The Hall–Kier alpha value is -2.30. The van der Waals surface area contributed by atoms with Gasteiger partial charge in [0.15, 0.2) is 0 Å². The lowest BCUT2D eigenvalue weighted by molar-refractivity contribution is 0.0939. The van der Waals surface area contributed by atoms with Crippen molar-refractivity contribution in [2.24, 2.45) is 0 Å². The van der Waals surface area contributed by atoms with Crippen molar-refractivity contribution in [1.29, 1.82) is 0 Å². The highest BCUT2D eigenvalue weighted by molar-refractivity contribution is 6.33. The zero-order valence-electron chi connectivity index (χ0n) is 13.8. The van der Waals surface area contributed by atoms with Crippen LogP contribution >= 0.6 is 23.2 Å². The van der Waals surface area contributed by atoms with Crippen molar-refractivity contribution >= 4 is 29.1 Å². The Kier molecular flexibility index (Phi) is 5.11. The minimum absolute atomic E-state index is 0.207. The van der Waals surface area contributed by atoms with Crippen molar-refractivity contribution in [2.75, 3.05) is 0 Å². The molecule has 2 aromatic carbocycles. The van der Waals surface area contributed by atoms with Crippen molar-refractivity contribution in [3.8, 4) is 5.69 Å². The van der Waals surface area contributed by atoms with Gasteiger partial charge in [0, 0.05) is 5.02 Å². The van der Waals surface area contributed by atoms with Crippen LogP contribution in [0.25, 0.3) is 5.69 Å². The highest BCUT2D eigenvalue weighted by Crippen LogP contribution is 2.25. The molecular formula is C19H17Cl2N3O. The summed E-state index contributed by atoms with van der Waals surface area (Å²) >= 11 is 12.4. The maximum absolute atomic E-state index is 12.7. The number of halogens is 2. The molecule has 0 aliphatic carbocycles. The summed E-state index contributed by atoms with van der Waals surface area (Å²) in [6.07, 6.45) is 0. The van der Waals surface area contributed by atoms with Crippen molar-refractivity contribution in [3.05, 3.63) is 81.6 Å². The number of carbonyl (C=O) groups is 1. The number of aryl methyl sites for hydroxylation is 1. The Morgan fingerprint density at radius 3 is 2.52 bits per heavy atom. The quantitative estimate of drug-likeness (QED) is 0.700. The molecule has 0 saturated heterocycles. The first-order chi connectivity index (χ1) is 12.0. The van der Waals surface area contributed by atoms with Crippen LogP contribution in [0, 0.1) is 6.92 Å². The van der Waals surface area contributed by atoms with Crippen LogP contribution in [0.1, 0.15) is 34.6 Å². The molecule has 3 rings (SSSR count). The molecule has 1 N–H and O–H groups in total. The number of para-hydroxylation sites is 1. The van der Waals surface area contributed by atoms with Crippen LogP contribution < -0.4 is 5.32 Å². The number of aromatic nitrogens is 2. The third-order valence-electron chi connectivity index (χ3n) is 3.93. The second-order valence-electron chi connectivity index (χ2n) is 5.75. The minimum atomic E-state index is -0.267. The average molecular weight is 374 g/mol. The fourth-order valence-electron chi connectivity index (χ4n) is 2.63. The molecule has 1 amide bonds. The number of nitrogens with one attached hydrogen (secondary N) is 1. The third-order valence-corrected chi connectivity index (χ3v) is 4.51. The van der Waals surface area contributed by atoms with Crippen LogP contribution in [0.5, 0.6) is 0 Å². The second-order valence-corrected chi connectivity index (χ2v) is 6.54. The molecule has 0 aliphatic rings. The molecule has 1 aromatic heterocycles. The van der Waals surface area contributed by atoms with Gasteiger partial charge in [-0.1, -0.05) is 53.5 Å². The number of nitrogens with zero attached hydrogens (tertiary/aromatic N) is 2. The molecular weight excluding hydrogens is 357 g/mol. The summed E-state index contributed by atoms with van der Waals surface area (Å²) < 4.78 is 1.57. The lowest BCUT2D eigenvalue weighted by Gasteiger charge is -2.14. The highest BCUT2D eigenvalue weighted by Gasteiger charge is 2.22. The molecule has 128 valence electrons. The third kappa shape index (κ3) is 3.70. The van der Waals surface area contributed by atoms with E-state index < -0.39 is 0 Å². The molecule has 25 heavy (non-hydrogen) atoms. The van der Waals surface area contributed by atoms with E-state index in [4.69, 9.17) is 23.2 Å². The van der Waals surface area contributed by atoms with Crippen molar-refractivity contribution < 1.29 is 4.79 Å². The van der Waals surface area contributed by atoms with Gasteiger partial charge in [-0.15, -0.1) is 0 Å². The lowest BCUT2D eigenvalue weighted by Crippen LogP contribution is -2.27. The van der Waals surface area contributed by atoms with Crippen LogP contribution in [-0.2, 0) is 0 Å². The van der Waals surface area contributed by atoms with Gasteiger partial charge < -0.3 is 5.32 Å². The standard InChI is InChI=1S/C19H17Cl2N3O/c1-12(14-7-6-8-15(20)11-14)22-19(25)17-13(2)23-24(18(17)21)16-9-4-3-5-10-16/h3-12H,1-2H3,(H,22,25). The lowest BCUT2D eigenvalue weighted by atomic mass is 10.1. The largest absolute Gasteiger partial charge is 0.345 e. The molecule has 3 aromatic rings. The number of hydrogen-bond acceptors (Lipinski definition) is 2. The van der Waals surface area contributed by atoms with Crippen LogP contribution in [0.4, 0.5) is 0 Å². The predicted molar refractivity (Wildman–Crippen MR) is 101 cm³/mol. The van der Waals surface area contributed by atoms with Crippen LogP contribution in [0.15, 0.2) is 54.6 Å². The van der Waals surface area contributed by atoms with Gasteiger partial charge in [-0.25, -0.2) is 4.68 Å². The van der Waals surface area contributed by atoms with Gasteiger partial charge in [0.1, 0.15) is 5.15 Å². The molecule has 0 aliphatic heterocycles. The van der Waals surface area contributed by atoms with E-state index in [9.17, 15) is 4.79 Å². The van der Waals surface area contributed by atoms with Crippen molar-refractivity contribution in [1.82, 2.24) is 15.1 Å². The van der Waals surface area contributed by atoms with Gasteiger partial charge in [0.05, 0.1) is 23.0 Å². The maximum atomic E-state index is 12.7. The molecule has 0 radical (unpaired) electrons. The first-order valence-electron chi connectivity index (χ1n) is 7.84. The van der Waals surface area contributed by atoms with E-state index in [0.717, 1.165) is 11.3 Å². The minimum Gasteiger partial charge on any atom is -0.345 e. The fourth-order valence-corrected chi connectivity index (χ4v) is 3.18. The van der Waals surface area contributed by atoms with Gasteiger partial charge in [-0.05, 0) is 43.7 Å². The van der Waals surface area contributed by atoms with E-state index in [-0.39, 0.29) is 11.9 Å². The summed E-state index contributed by atoms with van der Waals surface area (Å²) in [6.45, 7) is 3.67. The first-order valence-corrected chi connectivity index (χ1v) is 8.60.